The molecular formula is C10H17N3O2S. The van der Waals surface area contributed by atoms with Crippen molar-refractivity contribution in [2.45, 2.75) is 6.54 Å². The van der Waals surface area contributed by atoms with Crippen LogP contribution < -0.4 is 5.32 Å². The molecule has 2 heterocycles. The third kappa shape index (κ3) is 2.63. The van der Waals surface area contributed by atoms with Crippen molar-refractivity contribution in [3.8, 4) is 0 Å². The average Bonchev–Trinajstić information content (AvgIpc) is 2.67. The number of aromatic nitrogens is 1. The maximum Gasteiger partial charge on any atom is 0.235 e. The predicted octanol–water partition coefficient (Wildman–Crippen LogP) is -0.299. The molecule has 0 spiro atoms. The zero-order chi connectivity index (χ0) is 11.6. The Morgan fingerprint density at radius 2 is 2.06 bits per heavy atom. The van der Waals surface area contributed by atoms with Crippen LogP contribution in [0.2, 0.25) is 0 Å². The molecule has 0 radical (unpaired) electrons. The van der Waals surface area contributed by atoms with Gasteiger partial charge in [-0.25, -0.2) is 12.4 Å². The van der Waals surface area contributed by atoms with Crippen LogP contribution in [0.3, 0.4) is 0 Å². The summed E-state index contributed by atoms with van der Waals surface area (Å²) in [7, 11) is -3.17. The molecule has 2 rings (SSSR count). The third-order valence-corrected chi connectivity index (χ3v) is 3.82. The predicted molar refractivity (Wildman–Crippen MR) is 62.8 cm³/mol. The van der Waals surface area contributed by atoms with Gasteiger partial charge < -0.3 is 5.32 Å². The van der Waals surface area contributed by atoms with Crippen LogP contribution in [0.25, 0.3) is 0 Å². The maximum absolute atomic E-state index is 11.5. The molecule has 1 saturated heterocycles. The number of hydrogen-bond acceptors (Lipinski definition) is 4. The van der Waals surface area contributed by atoms with Gasteiger partial charge in [-0.15, -0.1) is 0 Å². The minimum absolute atomic E-state index is 0.696. The number of nitrogens with one attached hydrogen (secondary N) is 1. The lowest BCUT2D eigenvalue weighted by Gasteiger charge is -2.27. The number of piperazine rings is 1. The van der Waals surface area contributed by atoms with Gasteiger partial charge in [0.05, 0.1) is 6.26 Å². The summed E-state index contributed by atoms with van der Waals surface area (Å²) in [4.78, 5) is 2.26. The van der Waals surface area contributed by atoms with E-state index < -0.39 is 10.0 Å². The van der Waals surface area contributed by atoms with Gasteiger partial charge in [-0.2, -0.15) is 0 Å². The molecule has 0 aromatic carbocycles. The number of hydrogen-bond donors (Lipinski definition) is 1. The van der Waals surface area contributed by atoms with E-state index in [0.29, 0.717) is 6.54 Å². The lowest BCUT2D eigenvalue weighted by atomic mass is 10.3. The topological polar surface area (TPSA) is 54.3 Å². The van der Waals surface area contributed by atoms with Gasteiger partial charge in [0.15, 0.2) is 0 Å². The smallest absolute Gasteiger partial charge is 0.235 e. The molecule has 90 valence electrons. The molecule has 0 amide bonds. The molecule has 0 atom stereocenters. The summed E-state index contributed by atoms with van der Waals surface area (Å²) in [5.74, 6) is 0. The summed E-state index contributed by atoms with van der Waals surface area (Å²) < 4.78 is 24.3. The van der Waals surface area contributed by atoms with Crippen LogP contribution in [0.5, 0.6) is 0 Å². The first-order chi connectivity index (χ1) is 7.57. The van der Waals surface area contributed by atoms with Crippen molar-refractivity contribution in [1.29, 1.82) is 0 Å². The number of nitrogens with zero attached hydrogens (tertiary/aromatic N) is 2. The van der Waals surface area contributed by atoms with Gasteiger partial charge in [-0.3, -0.25) is 4.90 Å². The molecule has 1 fully saturated rings. The van der Waals surface area contributed by atoms with E-state index in [-0.39, 0.29) is 0 Å². The fourth-order valence-electron chi connectivity index (χ4n) is 1.95. The van der Waals surface area contributed by atoms with Crippen molar-refractivity contribution in [2.24, 2.45) is 0 Å². The van der Waals surface area contributed by atoms with Gasteiger partial charge >= 0.3 is 0 Å². The Labute approximate surface area is 96.1 Å². The van der Waals surface area contributed by atoms with Gasteiger partial charge in [0, 0.05) is 44.6 Å². The Balaban J connectivity index is 2.12. The van der Waals surface area contributed by atoms with E-state index in [1.807, 2.05) is 6.07 Å². The first kappa shape index (κ1) is 11.6. The van der Waals surface area contributed by atoms with Crippen molar-refractivity contribution < 1.29 is 8.42 Å². The first-order valence-corrected chi connectivity index (χ1v) is 7.22. The summed E-state index contributed by atoms with van der Waals surface area (Å²) >= 11 is 0. The van der Waals surface area contributed by atoms with Gasteiger partial charge in [0.1, 0.15) is 0 Å². The van der Waals surface area contributed by atoms with E-state index >= 15 is 0 Å². The fraction of sp³-hybridized carbons (Fsp3) is 0.600. The van der Waals surface area contributed by atoms with E-state index in [9.17, 15) is 8.42 Å². The second-order valence-electron chi connectivity index (χ2n) is 4.08. The van der Waals surface area contributed by atoms with Gasteiger partial charge in [0.25, 0.3) is 0 Å². The third-order valence-electron chi connectivity index (χ3n) is 2.75. The Kier molecular flexibility index (Phi) is 3.32. The highest BCUT2D eigenvalue weighted by Gasteiger charge is 2.15. The molecule has 5 nitrogen and oxygen atoms in total. The van der Waals surface area contributed by atoms with Crippen molar-refractivity contribution in [3.05, 3.63) is 24.0 Å². The van der Waals surface area contributed by atoms with Crippen molar-refractivity contribution in [3.63, 3.8) is 0 Å². The standard InChI is InChI=1S/C10H17N3O2S/c1-16(14,15)13-6-2-3-10(13)9-12-7-4-11-5-8-12/h2-3,6,11H,4-5,7-9H2,1H3. The van der Waals surface area contributed by atoms with Crippen LogP contribution >= 0.6 is 0 Å². The van der Waals surface area contributed by atoms with Crippen LogP contribution in [0.1, 0.15) is 5.69 Å². The molecule has 0 unspecified atom stereocenters. The molecule has 6 heteroatoms. The van der Waals surface area contributed by atoms with Crippen molar-refractivity contribution in [1.82, 2.24) is 14.2 Å². The Morgan fingerprint density at radius 1 is 1.38 bits per heavy atom. The SMILES string of the molecule is CS(=O)(=O)n1cccc1CN1CCNCC1. The molecule has 1 aromatic rings. The number of rotatable bonds is 3. The summed E-state index contributed by atoms with van der Waals surface area (Å²) in [6, 6.07) is 3.64. The zero-order valence-electron chi connectivity index (χ0n) is 9.39. The molecule has 1 aromatic heterocycles. The van der Waals surface area contributed by atoms with E-state index in [1.165, 1.54) is 10.2 Å². The quantitative estimate of drug-likeness (QED) is 0.792. The molecule has 0 aliphatic carbocycles. The largest absolute Gasteiger partial charge is 0.314 e. The lowest BCUT2D eigenvalue weighted by molar-refractivity contribution is 0.230. The summed E-state index contributed by atoms with van der Waals surface area (Å²) in [6.45, 7) is 4.57. The Hall–Kier alpha value is -0.850. The molecule has 0 bridgehead atoms. The summed E-state index contributed by atoms with van der Waals surface area (Å²) in [6.07, 6.45) is 2.83. The van der Waals surface area contributed by atoms with Crippen LogP contribution in [0, 0.1) is 0 Å². The molecule has 1 N–H and O–H groups in total. The molecule has 0 saturated carbocycles. The van der Waals surface area contributed by atoms with E-state index in [4.69, 9.17) is 0 Å². The van der Waals surface area contributed by atoms with Crippen LogP contribution in [-0.2, 0) is 16.6 Å². The van der Waals surface area contributed by atoms with Gasteiger partial charge in [0.2, 0.25) is 10.0 Å². The molecule has 16 heavy (non-hydrogen) atoms. The van der Waals surface area contributed by atoms with Crippen LogP contribution in [0.4, 0.5) is 0 Å². The second kappa shape index (κ2) is 4.57. The minimum atomic E-state index is -3.17. The van der Waals surface area contributed by atoms with Gasteiger partial charge in [-0.1, -0.05) is 0 Å². The Bertz CT molecular complexity index is 446. The van der Waals surface area contributed by atoms with Crippen molar-refractivity contribution in [2.75, 3.05) is 32.4 Å². The zero-order valence-corrected chi connectivity index (χ0v) is 10.2. The van der Waals surface area contributed by atoms with E-state index in [2.05, 4.69) is 10.2 Å². The molecular weight excluding hydrogens is 226 g/mol. The van der Waals surface area contributed by atoms with E-state index in [1.54, 1.807) is 12.3 Å². The fourth-order valence-corrected chi connectivity index (χ4v) is 2.78. The highest BCUT2D eigenvalue weighted by molar-refractivity contribution is 7.89. The lowest BCUT2D eigenvalue weighted by Crippen LogP contribution is -2.43. The normalized spacial score (nSPS) is 18.8. The van der Waals surface area contributed by atoms with E-state index in [0.717, 1.165) is 31.9 Å². The second-order valence-corrected chi connectivity index (χ2v) is 5.94. The van der Waals surface area contributed by atoms with Gasteiger partial charge in [-0.05, 0) is 12.1 Å². The summed E-state index contributed by atoms with van der Waals surface area (Å²) in [5.41, 5.74) is 0.837. The maximum atomic E-state index is 11.5. The molecule has 1 aliphatic rings. The monoisotopic (exact) mass is 243 g/mol. The highest BCUT2D eigenvalue weighted by Crippen LogP contribution is 2.09. The van der Waals surface area contributed by atoms with Crippen molar-refractivity contribution >= 4 is 10.0 Å². The minimum Gasteiger partial charge on any atom is -0.314 e. The van der Waals surface area contributed by atoms with Crippen LogP contribution in [-0.4, -0.2) is 49.7 Å². The first-order valence-electron chi connectivity index (χ1n) is 5.37. The Morgan fingerprint density at radius 3 is 2.69 bits per heavy atom. The molecule has 1 aliphatic heterocycles. The van der Waals surface area contributed by atoms with Crippen LogP contribution in [0.15, 0.2) is 18.3 Å². The summed E-state index contributed by atoms with van der Waals surface area (Å²) in [5, 5.41) is 3.27. The highest BCUT2D eigenvalue weighted by atomic mass is 32.2. The average molecular weight is 243 g/mol.